The molecule has 2 nitrogen and oxygen atoms in total. The van der Waals surface area contributed by atoms with Crippen LogP contribution in [0.15, 0.2) is 24.5 Å². The van der Waals surface area contributed by atoms with Crippen LogP contribution in [0.5, 0.6) is 0 Å². The number of aromatic nitrogens is 1. The Bertz CT molecular complexity index is 754. The SMILES string of the molecule is CCc1cncc(C2=CCC3C4CCC5OCCCC5(C)C4CCC23C)c1. The van der Waals surface area contributed by atoms with Gasteiger partial charge < -0.3 is 4.74 Å². The van der Waals surface area contributed by atoms with Gasteiger partial charge in [0.2, 0.25) is 0 Å². The number of ether oxygens (including phenoxy) is 1. The number of rotatable bonds is 2. The quantitative estimate of drug-likeness (QED) is 0.635. The van der Waals surface area contributed by atoms with Gasteiger partial charge in [-0.2, -0.15) is 0 Å². The first-order valence-corrected chi connectivity index (χ1v) is 11.3. The summed E-state index contributed by atoms with van der Waals surface area (Å²) in [5, 5.41) is 0. The van der Waals surface area contributed by atoms with Gasteiger partial charge in [0.1, 0.15) is 0 Å². The molecule has 2 saturated carbocycles. The van der Waals surface area contributed by atoms with Crippen molar-refractivity contribution in [2.75, 3.05) is 6.61 Å². The minimum atomic E-state index is 0.341. The molecule has 2 heterocycles. The molecule has 4 aliphatic rings. The summed E-state index contributed by atoms with van der Waals surface area (Å²) in [6, 6.07) is 2.39. The Balaban J connectivity index is 1.45. The van der Waals surface area contributed by atoms with E-state index in [1.54, 1.807) is 5.57 Å². The normalized spacial score (nSPS) is 43.4. The first-order chi connectivity index (χ1) is 13.1. The third-order valence-electron chi connectivity index (χ3n) is 9.06. The van der Waals surface area contributed by atoms with Crippen LogP contribution in [0.25, 0.3) is 5.57 Å². The van der Waals surface area contributed by atoms with Crippen LogP contribution >= 0.6 is 0 Å². The lowest BCUT2D eigenvalue weighted by Crippen LogP contribution is -2.55. The van der Waals surface area contributed by atoms with Gasteiger partial charge in [-0.25, -0.2) is 0 Å². The maximum Gasteiger partial charge on any atom is 0.0631 e. The Hall–Kier alpha value is -1.15. The van der Waals surface area contributed by atoms with E-state index in [1.807, 2.05) is 6.20 Å². The fraction of sp³-hybridized carbons (Fsp3) is 0.720. The molecule has 0 bridgehead atoms. The maximum atomic E-state index is 6.27. The van der Waals surface area contributed by atoms with Crippen LogP contribution < -0.4 is 0 Å². The van der Waals surface area contributed by atoms with Gasteiger partial charge in [-0.1, -0.05) is 26.8 Å². The second kappa shape index (κ2) is 6.44. The summed E-state index contributed by atoms with van der Waals surface area (Å²) in [5.74, 6) is 2.56. The van der Waals surface area contributed by atoms with Crippen LogP contribution in [0.4, 0.5) is 0 Å². The van der Waals surface area contributed by atoms with E-state index in [1.165, 1.54) is 56.1 Å². The molecule has 0 amide bonds. The zero-order valence-electron chi connectivity index (χ0n) is 17.3. The number of pyridine rings is 1. The van der Waals surface area contributed by atoms with Crippen molar-refractivity contribution in [3.8, 4) is 0 Å². The van der Waals surface area contributed by atoms with Crippen LogP contribution in [-0.4, -0.2) is 17.7 Å². The van der Waals surface area contributed by atoms with Crippen molar-refractivity contribution in [1.82, 2.24) is 4.98 Å². The molecule has 0 radical (unpaired) electrons. The van der Waals surface area contributed by atoms with Gasteiger partial charge in [0.25, 0.3) is 0 Å². The minimum absolute atomic E-state index is 0.341. The molecule has 146 valence electrons. The van der Waals surface area contributed by atoms with Crippen molar-refractivity contribution in [3.63, 3.8) is 0 Å². The predicted molar refractivity (Wildman–Crippen MR) is 110 cm³/mol. The molecule has 1 aliphatic heterocycles. The van der Waals surface area contributed by atoms with Gasteiger partial charge >= 0.3 is 0 Å². The van der Waals surface area contributed by atoms with E-state index < -0.39 is 0 Å². The first kappa shape index (κ1) is 17.9. The van der Waals surface area contributed by atoms with E-state index in [2.05, 4.69) is 44.1 Å². The van der Waals surface area contributed by atoms with Crippen LogP contribution in [0.1, 0.15) is 76.8 Å². The zero-order chi connectivity index (χ0) is 18.6. The Morgan fingerprint density at radius 2 is 2.00 bits per heavy atom. The molecular formula is C25H35NO. The van der Waals surface area contributed by atoms with E-state index in [4.69, 9.17) is 4.74 Å². The third kappa shape index (κ3) is 2.58. The summed E-state index contributed by atoms with van der Waals surface area (Å²) in [6.45, 7) is 8.35. The van der Waals surface area contributed by atoms with E-state index in [0.717, 1.165) is 30.8 Å². The van der Waals surface area contributed by atoms with Crippen molar-refractivity contribution in [2.24, 2.45) is 28.6 Å². The molecule has 3 fully saturated rings. The molecule has 1 saturated heterocycles. The van der Waals surface area contributed by atoms with Gasteiger partial charge in [-0.15, -0.1) is 0 Å². The van der Waals surface area contributed by atoms with Crippen molar-refractivity contribution in [1.29, 1.82) is 0 Å². The lowest BCUT2D eigenvalue weighted by Gasteiger charge is -2.59. The number of hydrogen-bond acceptors (Lipinski definition) is 2. The van der Waals surface area contributed by atoms with E-state index in [9.17, 15) is 0 Å². The molecule has 2 heteroatoms. The molecule has 0 spiro atoms. The topological polar surface area (TPSA) is 22.1 Å². The van der Waals surface area contributed by atoms with E-state index in [0.29, 0.717) is 16.9 Å². The fourth-order valence-electron chi connectivity index (χ4n) is 7.56. The monoisotopic (exact) mass is 365 g/mol. The summed E-state index contributed by atoms with van der Waals surface area (Å²) >= 11 is 0. The Kier molecular flexibility index (Phi) is 4.27. The maximum absolute atomic E-state index is 6.27. The number of fused-ring (bicyclic) bond motifs is 5. The van der Waals surface area contributed by atoms with E-state index >= 15 is 0 Å². The summed E-state index contributed by atoms with van der Waals surface area (Å²) in [6.07, 6.45) is 17.6. The largest absolute Gasteiger partial charge is 0.378 e. The van der Waals surface area contributed by atoms with Crippen LogP contribution in [-0.2, 0) is 11.2 Å². The highest BCUT2D eigenvalue weighted by atomic mass is 16.5. The lowest BCUT2D eigenvalue weighted by atomic mass is 9.47. The Labute approximate surface area is 164 Å². The van der Waals surface area contributed by atoms with Gasteiger partial charge in [0, 0.05) is 19.0 Å². The summed E-state index contributed by atoms with van der Waals surface area (Å²) < 4.78 is 6.27. The molecular weight excluding hydrogens is 330 g/mol. The summed E-state index contributed by atoms with van der Waals surface area (Å²) in [4.78, 5) is 4.56. The average Bonchev–Trinajstić information content (AvgIpc) is 3.05. The Morgan fingerprint density at radius 3 is 2.85 bits per heavy atom. The van der Waals surface area contributed by atoms with Crippen LogP contribution in [0.3, 0.4) is 0 Å². The highest BCUT2D eigenvalue weighted by Gasteiger charge is 2.58. The zero-order valence-corrected chi connectivity index (χ0v) is 17.3. The van der Waals surface area contributed by atoms with Gasteiger partial charge in [0.15, 0.2) is 0 Å². The third-order valence-corrected chi connectivity index (χ3v) is 9.06. The van der Waals surface area contributed by atoms with Crippen molar-refractivity contribution < 1.29 is 4.74 Å². The van der Waals surface area contributed by atoms with Crippen molar-refractivity contribution in [3.05, 3.63) is 35.7 Å². The predicted octanol–water partition coefficient (Wildman–Crippen LogP) is 6.06. The second-order valence-corrected chi connectivity index (χ2v) is 10.2. The minimum Gasteiger partial charge on any atom is -0.378 e. The molecule has 0 N–H and O–H groups in total. The van der Waals surface area contributed by atoms with Crippen molar-refractivity contribution in [2.45, 2.75) is 78.2 Å². The number of allylic oxidation sites excluding steroid dienone is 2. The van der Waals surface area contributed by atoms with Gasteiger partial charge in [0.05, 0.1) is 6.10 Å². The lowest BCUT2D eigenvalue weighted by molar-refractivity contribution is -0.168. The molecule has 6 atom stereocenters. The van der Waals surface area contributed by atoms with Crippen LogP contribution in [0, 0.1) is 28.6 Å². The highest BCUT2D eigenvalue weighted by molar-refractivity contribution is 5.72. The van der Waals surface area contributed by atoms with Crippen LogP contribution in [0.2, 0.25) is 0 Å². The van der Waals surface area contributed by atoms with Crippen molar-refractivity contribution >= 4 is 5.57 Å². The number of aryl methyl sites for hydroxylation is 1. The molecule has 27 heavy (non-hydrogen) atoms. The average molecular weight is 366 g/mol. The van der Waals surface area contributed by atoms with Gasteiger partial charge in [-0.3, -0.25) is 4.98 Å². The molecule has 3 aliphatic carbocycles. The number of hydrogen-bond donors (Lipinski definition) is 0. The standard InChI is InChI=1S/C25H35NO/c1-4-17-14-18(16-26-15-17)20-7-8-21-19-6-9-23-25(3,11-5-13-27-23)22(19)10-12-24(20,21)2/h7,14-16,19,21-23H,4-6,8-13H2,1-3H3. The molecule has 6 unspecified atom stereocenters. The summed E-state index contributed by atoms with van der Waals surface area (Å²) in [7, 11) is 0. The molecule has 1 aromatic rings. The second-order valence-electron chi connectivity index (χ2n) is 10.2. The smallest absolute Gasteiger partial charge is 0.0631 e. The Morgan fingerprint density at radius 1 is 1.11 bits per heavy atom. The molecule has 1 aromatic heterocycles. The molecule has 0 aromatic carbocycles. The first-order valence-electron chi connectivity index (χ1n) is 11.3. The number of nitrogens with zero attached hydrogens (tertiary/aromatic N) is 1. The molecule has 5 rings (SSSR count). The van der Waals surface area contributed by atoms with Gasteiger partial charge in [-0.05, 0) is 103 Å². The highest BCUT2D eigenvalue weighted by Crippen LogP contribution is 2.65. The summed E-state index contributed by atoms with van der Waals surface area (Å²) in [5.41, 5.74) is 5.11. The van der Waals surface area contributed by atoms with E-state index in [-0.39, 0.29) is 0 Å². The fourth-order valence-corrected chi connectivity index (χ4v) is 7.56.